The van der Waals surface area contributed by atoms with E-state index >= 15 is 0 Å². The Morgan fingerprint density at radius 2 is 1.93 bits per heavy atom. The Bertz CT molecular complexity index is 313. The summed E-state index contributed by atoms with van der Waals surface area (Å²) in [5.74, 6) is 0. The van der Waals surface area contributed by atoms with Gasteiger partial charge in [-0.1, -0.05) is 6.07 Å². The molecule has 0 aliphatic rings. The van der Waals surface area contributed by atoms with Crippen molar-refractivity contribution in [1.82, 2.24) is 4.90 Å². The summed E-state index contributed by atoms with van der Waals surface area (Å²) in [6.45, 7) is 0.626. The average Bonchev–Trinajstić information content (AvgIpc) is 2.11. The second-order valence-corrected chi connectivity index (χ2v) is 5.10. The van der Waals surface area contributed by atoms with Crippen LogP contribution in [0.15, 0.2) is 27.1 Å². The Labute approximate surface area is 102 Å². The van der Waals surface area contributed by atoms with E-state index < -0.39 is 0 Å². The maximum Gasteiger partial charge on any atom is 0.0465 e. The van der Waals surface area contributed by atoms with Crippen molar-refractivity contribution in [3.63, 3.8) is 0 Å². The summed E-state index contributed by atoms with van der Waals surface area (Å²) < 4.78 is 2.13. The Morgan fingerprint density at radius 3 is 2.36 bits per heavy atom. The van der Waals surface area contributed by atoms with Crippen LogP contribution in [0.2, 0.25) is 0 Å². The molecule has 2 N–H and O–H groups in total. The molecule has 14 heavy (non-hydrogen) atoms. The van der Waals surface area contributed by atoms with E-state index in [-0.39, 0.29) is 6.04 Å². The van der Waals surface area contributed by atoms with E-state index in [1.165, 1.54) is 5.56 Å². The molecule has 0 fully saturated rings. The predicted octanol–water partition coefficient (Wildman–Crippen LogP) is 2.77. The lowest BCUT2D eigenvalue weighted by atomic mass is 10.1. The summed E-state index contributed by atoms with van der Waals surface area (Å²) in [6, 6.07) is 6.50. The van der Waals surface area contributed by atoms with E-state index in [4.69, 9.17) is 5.73 Å². The van der Waals surface area contributed by atoms with Gasteiger partial charge in [0.1, 0.15) is 0 Å². The molecule has 1 aromatic carbocycles. The minimum atomic E-state index is 0.277. The van der Waals surface area contributed by atoms with E-state index in [9.17, 15) is 0 Å². The highest BCUT2D eigenvalue weighted by Crippen LogP contribution is 2.27. The number of hydrogen-bond donors (Lipinski definition) is 1. The van der Waals surface area contributed by atoms with Gasteiger partial charge in [-0.05, 0) is 63.7 Å². The molecule has 0 aliphatic heterocycles. The Hall–Kier alpha value is 0.1000. The van der Waals surface area contributed by atoms with Gasteiger partial charge in [0.25, 0.3) is 0 Å². The van der Waals surface area contributed by atoms with Gasteiger partial charge in [-0.15, -0.1) is 0 Å². The second kappa shape index (κ2) is 5.26. The van der Waals surface area contributed by atoms with Crippen molar-refractivity contribution in [3.8, 4) is 0 Å². The maximum absolute atomic E-state index is 5.73. The summed E-state index contributed by atoms with van der Waals surface area (Å²) in [5.41, 5.74) is 6.95. The minimum absolute atomic E-state index is 0.277. The third-order valence-corrected chi connectivity index (χ3v) is 4.05. The molecule has 0 saturated carbocycles. The highest BCUT2D eigenvalue weighted by Gasteiger charge is 2.12. The SMILES string of the molecule is CN(C)C(CN)c1ccc(Br)c(Br)c1. The molecule has 1 aromatic rings. The molecule has 0 heterocycles. The first-order valence-corrected chi connectivity index (χ1v) is 5.96. The number of rotatable bonds is 3. The van der Waals surface area contributed by atoms with Crippen molar-refractivity contribution in [1.29, 1.82) is 0 Å². The van der Waals surface area contributed by atoms with Crippen LogP contribution in [0.1, 0.15) is 11.6 Å². The van der Waals surface area contributed by atoms with Gasteiger partial charge in [0.05, 0.1) is 0 Å². The molecular formula is C10H14Br2N2. The lowest BCUT2D eigenvalue weighted by Gasteiger charge is -2.23. The highest BCUT2D eigenvalue weighted by atomic mass is 79.9. The van der Waals surface area contributed by atoms with Crippen LogP contribution < -0.4 is 5.73 Å². The van der Waals surface area contributed by atoms with Crippen LogP contribution in [0.25, 0.3) is 0 Å². The van der Waals surface area contributed by atoms with Crippen molar-refractivity contribution >= 4 is 31.9 Å². The number of likely N-dealkylation sites (N-methyl/N-ethyl adjacent to an activating group) is 1. The van der Waals surface area contributed by atoms with Crippen molar-refractivity contribution in [3.05, 3.63) is 32.7 Å². The van der Waals surface area contributed by atoms with Crippen LogP contribution in [0.3, 0.4) is 0 Å². The van der Waals surface area contributed by atoms with Gasteiger partial charge in [-0.25, -0.2) is 0 Å². The van der Waals surface area contributed by atoms with Crippen LogP contribution in [-0.2, 0) is 0 Å². The van der Waals surface area contributed by atoms with Crippen LogP contribution in [-0.4, -0.2) is 25.5 Å². The lowest BCUT2D eigenvalue weighted by Crippen LogP contribution is -2.27. The number of benzene rings is 1. The zero-order chi connectivity index (χ0) is 10.7. The van der Waals surface area contributed by atoms with E-state index in [1.54, 1.807) is 0 Å². The molecular weight excluding hydrogens is 308 g/mol. The van der Waals surface area contributed by atoms with Crippen molar-refractivity contribution in [2.75, 3.05) is 20.6 Å². The smallest absolute Gasteiger partial charge is 0.0465 e. The maximum atomic E-state index is 5.73. The summed E-state index contributed by atoms with van der Waals surface area (Å²) in [4.78, 5) is 2.12. The standard InChI is InChI=1S/C10H14Br2N2/c1-14(2)10(6-13)7-3-4-8(11)9(12)5-7/h3-5,10H,6,13H2,1-2H3. The van der Waals surface area contributed by atoms with E-state index in [1.807, 2.05) is 20.2 Å². The molecule has 0 saturated heterocycles. The molecule has 0 aromatic heterocycles. The topological polar surface area (TPSA) is 29.3 Å². The molecule has 0 bridgehead atoms. The Kier molecular flexibility index (Phi) is 4.57. The minimum Gasteiger partial charge on any atom is -0.329 e. The summed E-state index contributed by atoms with van der Waals surface area (Å²) in [5, 5.41) is 0. The largest absolute Gasteiger partial charge is 0.329 e. The van der Waals surface area contributed by atoms with Gasteiger partial charge in [0.15, 0.2) is 0 Å². The van der Waals surface area contributed by atoms with E-state index in [0.29, 0.717) is 6.54 Å². The van der Waals surface area contributed by atoms with E-state index in [0.717, 1.165) is 8.95 Å². The monoisotopic (exact) mass is 320 g/mol. The molecule has 1 rings (SSSR count). The van der Waals surface area contributed by atoms with Crippen LogP contribution in [0, 0.1) is 0 Å². The second-order valence-electron chi connectivity index (χ2n) is 3.39. The first kappa shape index (κ1) is 12.2. The predicted molar refractivity (Wildman–Crippen MR) is 67.3 cm³/mol. The van der Waals surface area contributed by atoms with E-state index in [2.05, 4.69) is 48.9 Å². The number of nitrogens with zero attached hydrogens (tertiary/aromatic N) is 1. The fourth-order valence-electron chi connectivity index (χ4n) is 1.36. The Morgan fingerprint density at radius 1 is 1.29 bits per heavy atom. The molecule has 1 unspecified atom stereocenters. The van der Waals surface area contributed by atoms with Gasteiger partial charge >= 0.3 is 0 Å². The zero-order valence-corrected chi connectivity index (χ0v) is 11.5. The summed E-state index contributed by atoms with van der Waals surface area (Å²) in [7, 11) is 4.07. The van der Waals surface area contributed by atoms with Crippen LogP contribution >= 0.6 is 31.9 Å². The van der Waals surface area contributed by atoms with Crippen molar-refractivity contribution < 1.29 is 0 Å². The van der Waals surface area contributed by atoms with Crippen LogP contribution in [0.5, 0.6) is 0 Å². The molecule has 0 spiro atoms. The number of halogens is 2. The number of hydrogen-bond acceptors (Lipinski definition) is 2. The normalized spacial score (nSPS) is 13.3. The molecule has 4 heteroatoms. The molecule has 2 nitrogen and oxygen atoms in total. The third-order valence-electron chi connectivity index (χ3n) is 2.18. The summed E-state index contributed by atoms with van der Waals surface area (Å²) in [6.07, 6.45) is 0. The first-order chi connectivity index (χ1) is 6.56. The average molecular weight is 322 g/mol. The molecule has 78 valence electrons. The van der Waals surface area contributed by atoms with Gasteiger partial charge in [-0.2, -0.15) is 0 Å². The van der Waals surface area contributed by atoms with Crippen molar-refractivity contribution in [2.45, 2.75) is 6.04 Å². The quantitative estimate of drug-likeness (QED) is 0.927. The molecule has 1 atom stereocenters. The fraction of sp³-hybridized carbons (Fsp3) is 0.400. The van der Waals surface area contributed by atoms with Gasteiger partial charge < -0.3 is 10.6 Å². The lowest BCUT2D eigenvalue weighted by molar-refractivity contribution is 0.306. The van der Waals surface area contributed by atoms with Crippen molar-refractivity contribution in [2.24, 2.45) is 5.73 Å². The zero-order valence-electron chi connectivity index (χ0n) is 8.30. The highest BCUT2D eigenvalue weighted by molar-refractivity contribution is 9.13. The third kappa shape index (κ3) is 2.79. The molecule has 0 aliphatic carbocycles. The van der Waals surface area contributed by atoms with Gasteiger partial charge in [0, 0.05) is 21.5 Å². The fourth-order valence-corrected chi connectivity index (χ4v) is 2.01. The van der Waals surface area contributed by atoms with Crippen LogP contribution in [0.4, 0.5) is 0 Å². The Balaban J connectivity index is 3.00. The number of nitrogens with two attached hydrogens (primary N) is 1. The molecule has 0 radical (unpaired) electrons. The van der Waals surface area contributed by atoms with Gasteiger partial charge in [-0.3, -0.25) is 0 Å². The molecule has 0 amide bonds. The first-order valence-electron chi connectivity index (χ1n) is 4.37. The van der Waals surface area contributed by atoms with Gasteiger partial charge in [0.2, 0.25) is 0 Å². The summed E-state index contributed by atoms with van der Waals surface area (Å²) >= 11 is 6.93.